The van der Waals surface area contributed by atoms with Crippen molar-refractivity contribution in [3.8, 4) is 11.8 Å². The molecule has 0 spiro atoms. The van der Waals surface area contributed by atoms with E-state index < -0.39 is 0 Å². The number of amides is 1. The van der Waals surface area contributed by atoms with E-state index in [1.54, 1.807) is 6.20 Å². The molecule has 5 nitrogen and oxygen atoms in total. The Hall–Kier alpha value is -2.68. The highest BCUT2D eigenvalue weighted by atomic mass is 16.2. The molecule has 3 N–H and O–H groups in total. The molecule has 2 unspecified atom stereocenters. The molecule has 1 saturated heterocycles. The Balaban J connectivity index is 1.60. The van der Waals surface area contributed by atoms with E-state index >= 15 is 0 Å². The first kappa shape index (κ1) is 18.1. The average molecular weight is 348 g/mol. The summed E-state index contributed by atoms with van der Waals surface area (Å²) in [6.07, 6.45) is 3.56. The number of hydrazine groups is 1. The van der Waals surface area contributed by atoms with Crippen molar-refractivity contribution in [2.24, 2.45) is 5.92 Å². The first-order valence-corrected chi connectivity index (χ1v) is 8.95. The van der Waals surface area contributed by atoms with Crippen LogP contribution < -0.4 is 16.2 Å². The minimum atomic E-state index is -0.220. The quantitative estimate of drug-likeness (QED) is 0.743. The van der Waals surface area contributed by atoms with Gasteiger partial charge in [-0.15, -0.1) is 0 Å². The van der Waals surface area contributed by atoms with Crippen LogP contribution in [0.5, 0.6) is 0 Å². The summed E-state index contributed by atoms with van der Waals surface area (Å²) in [6, 6.07) is 13.3. The highest BCUT2D eigenvalue weighted by Crippen LogP contribution is 2.16. The van der Waals surface area contributed by atoms with Crippen LogP contribution in [0.1, 0.15) is 37.9 Å². The fraction of sp³-hybridized carbons (Fsp3) is 0.333. The number of pyridine rings is 1. The fourth-order valence-corrected chi connectivity index (χ4v) is 2.99. The van der Waals surface area contributed by atoms with Gasteiger partial charge in [0.15, 0.2) is 0 Å². The average Bonchev–Trinajstić information content (AvgIpc) is 3.09. The van der Waals surface area contributed by atoms with Gasteiger partial charge in [-0.25, -0.2) is 10.4 Å². The van der Waals surface area contributed by atoms with E-state index in [1.807, 2.05) is 42.5 Å². The van der Waals surface area contributed by atoms with Crippen molar-refractivity contribution in [3.05, 3.63) is 59.9 Å². The number of hydrogen-bond donors (Lipinski definition) is 3. The number of aromatic nitrogens is 1. The van der Waals surface area contributed by atoms with Crippen LogP contribution in [0, 0.1) is 17.8 Å². The van der Waals surface area contributed by atoms with Gasteiger partial charge in [-0.2, -0.15) is 0 Å². The van der Waals surface area contributed by atoms with Crippen LogP contribution in [-0.2, 0) is 4.79 Å². The minimum Gasteiger partial charge on any atom is -0.325 e. The number of anilines is 1. The van der Waals surface area contributed by atoms with Crippen molar-refractivity contribution in [1.29, 1.82) is 0 Å². The largest absolute Gasteiger partial charge is 0.325 e. The minimum absolute atomic E-state index is 0.0291. The molecule has 0 aliphatic carbocycles. The van der Waals surface area contributed by atoms with E-state index in [0.717, 1.165) is 29.8 Å². The zero-order valence-corrected chi connectivity index (χ0v) is 15.1. The van der Waals surface area contributed by atoms with E-state index in [1.165, 1.54) is 0 Å². The fourth-order valence-electron chi connectivity index (χ4n) is 2.99. The molecule has 1 aromatic carbocycles. The van der Waals surface area contributed by atoms with Crippen molar-refractivity contribution < 1.29 is 4.79 Å². The van der Waals surface area contributed by atoms with Gasteiger partial charge in [0.1, 0.15) is 11.7 Å². The number of nitrogens with one attached hydrogen (secondary N) is 3. The second-order valence-corrected chi connectivity index (χ2v) is 6.94. The van der Waals surface area contributed by atoms with Crippen LogP contribution in [0.3, 0.4) is 0 Å². The number of carbonyl (C=O) groups excluding carboxylic acids is 1. The zero-order valence-electron chi connectivity index (χ0n) is 15.1. The lowest BCUT2D eigenvalue weighted by Gasteiger charge is -2.12. The summed E-state index contributed by atoms with van der Waals surface area (Å²) in [6.45, 7) is 4.37. The monoisotopic (exact) mass is 348 g/mol. The van der Waals surface area contributed by atoms with Crippen LogP contribution in [-0.4, -0.2) is 23.0 Å². The molecule has 1 fully saturated rings. The lowest BCUT2D eigenvalue weighted by atomic mass is 10.00. The smallest absolute Gasteiger partial charge is 0.242 e. The Morgan fingerprint density at radius 2 is 2.12 bits per heavy atom. The van der Waals surface area contributed by atoms with Crippen LogP contribution in [0.25, 0.3) is 0 Å². The molecule has 0 saturated carbocycles. The Morgan fingerprint density at radius 3 is 2.88 bits per heavy atom. The SMILES string of the molecule is CC(C)CC1CC(C(=O)Nc2cccc(C#Cc3ccccn3)c2)NN1. The molecular formula is C21H24N4O. The number of carbonyl (C=O) groups is 1. The molecule has 1 aliphatic rings. The zero-order chi connectivity index (χ0) is 18.4. The lowest BCUT2D eigenvalue weighted by molar-refractivity contribution is -0.117. The molecule has 2 atom stereocenters. The summed E-state index contributed by atoms with van der Waals surface area (Å²) >= 11 is 0. The Kier molecular flexibility index (Phi) is 6.00. The van der Waals surface area contributed by atoms with Crippen molar-refractivity contribution >= 4 is 11.6 Å². The molecule has 134 valence electrons. The second-order valence-electron chi connectivity index (χ2n) is 6.94. The predicted octanol–water partition coefficient (Wildman–Crippen LogP) is 2.70. The third-order valence-electron chi connectivity index (χ3n) is 4.18. The van der Waals surface area contributed by atoms with Gasteiger partial charge in [0, 0.05) is 23.5 Å². The maximum absolute atomic E-state index is 12.5. The summed E-state index contributed by atoms with van der Waals surface area (Å²) < 4.78 is 0. The third-order valence-corrected chi connectivity index (χ3v) is 4.18. The normalized spacial score (nSPS) is 19.0. The van der Waals surface area contributed by atoms with Crippen molar-refractivity contribution in [1.82, 2.24) is 15.8 Å². The first-order chi connectivity index (χ1) is 12.6. The van der Waals surface area contributed by atoms with Gasteiger partial charge < -0.3 is 5.32 Å². The molecule has 1 aliphatic heterocycles. The van der Waals surface area contributed by atoms with Crippen molar-refractivity contribution in [3.63, 3.8) is 0 Å². The third kappa shape index (κ3) is 5.16. The van der Waals surface area contributed by atoms with E-state index in [4.69, 9.17) is 0 Å². The van der Waals surface area contributed by atoms with Crippen molar-refractivity contribution in [2.45, 2.75) is 38.8 Å². The molecular weight excluding hydrogens is 324 g/mol. The summed E-state index contributed by atoms with van der Waals surface area (Å²) in [4.78, 5) is 16.7. The highest BCUT2D eigenvalue weighted by Gasteiger charge is 2.29. The van der Waals surface area contributed by atoms with Crippen LogP contribution in [0.2, 0.25) is 0 Å². The van der Waals surface area contributed by atoms with Gasteiger partial charge in [-0.05, 0) is 55.0 Å². The molecule has 0 radical (unpaired) electrons. The summed E-state index contributed by atoms with van der Waals surface area (Å²) in [5.41, 5.74) is 8.61. The van der Waals surface area contributed by atoms with Gasteiger partial charge in [0.25, 0.3) is 0 Å². The molecule has 1 amide bonds. The van der Waals surface area contributed by atoms with E-state index in [0.29, 0.717) is 12.0 Å². The lowest BCUT2D eigenvalue weighted by Crippen LogP contribution is -2.40. The maximum Gasteiger partial charge on any atom is 0.242 e. The topological polar surface area (TPSA) is 66.0 Å². The van der Waals surface area contributed by atoms with E-state index in [2.05, 4.69) is 46.8 Å². The number of hydrogen-bond acceptors (Lipinski definition) is 4. The summed E-state index contributed by atoms with van der Waals surface area (Å²) in [7, 11) is 0. The Bertz CT molecular complexity index is 808. The highest BCUT2D eigenvalue weighted by molar-refractivity contribution is 5.95. The Morgan fingerprint density at radius 1 is 1.23 bits per heavy atom. The van der Waals surface area contributed by atoms with Gasteiger partial charge in [0.05, 0.1) is 0 Å². The van der Waals surface area contributed by atoms with Crippen LogP contribution >= 0.6 is 0 Å². The summed E-state index contributed by atoms with van der Waals surface area (Å²) in [5, 5.41) is 2.97. The van der Waals surface area contributed by atoms with Crippen molar-refractivity contribution in [2.75, 3.05) is 5.32 Å². The predicted molar refractivity (Wildman–Crippen MR) is 103 cm³/mol. The van der Waals surface area contributed by atoms with Crippen LogP contribution in [0.15, 0.2) is 48.7 Å². The Labute approximate surface area is 154 Å². The van der Waals surface area contributed by atoms with Crippen LogP contribution in [0.4, 0.5) is 5.69 Å². The van der Waals surface area contributed by atoms with E-state index in [-0.39, 0.29) is 11.9 Å². The number of rotatable bonds is 4. The first-order valence-electron chi connectivity index (χ1n) is 8.95. The maximum atomic E-state index is 12.5. The van der Waals surface area contributed by atoms with Gasteiger partial charge in [0.2, 0.25) is 5.91 Å². The number of benzene rings is 1. The molecule has 2 heterocycles. The molecule has 1 aromatic heterocycles. The standard InChI is InChI=1S/C21H24N4O/c1-15(2)12-19-14-20(25-24-19)21(26)23-18-8-5-6-16(13-18)9-10-17-7-3-4-11-22-17/h3-8,11,13,15,19-20,24-25H,12,14H2,1-2H3,(H,23,26). The summed E-state index contributed by atoms with van der Waals surface area (Å²) in [5.74, 6) is 6.68. The molecule has 3 rings (SSSR count). The van der Waals surface area contributed by atoms with Gasteiger partial charge >= 0.3 is 0 Å². The molecule has 0 bridgehead atoms. The molecule has 5 heteroatoms. The second kappa shape index (κ2) is 8.61. The number of nitrogens with zero attached hydrogens (tertiary/aromatic N) is 1. The molecule has 26 heavy (non-hydrogen) atoms. The van der Waals surface area contributed by atoms with Gasteiger partial charge in [-0.3, -0.25) is 10.2 Å². The van der Waals surface area contributed by atoms with E-state index in [9.17, 15) is 4.79 Å². The van der Waals surface area contributed by atoms with Gasteiger partial charge in [-0.1, -0.05) is 31.9 Å². The molecule has 2 aromatic rings.